The summed E-state index contributed by atoms with van der Waals surface area (Å²) in [7, 11) is 2.23. The van der Waals surface area contributed by atoms with Gasteiger partial charge in [0.05, 0.1) is 0 Å². The number of anilines is 1. The first kappa shape index (κ1) is 13.4. The van der Waals surface area contributed by atoms with Crippen LogP contribution in [-0.4, -0.2) is 30.6 Å². The van der Waals surface area contributed by atoms with Gasteiger partial charge < -0.3 is 10.2 Å². The molecule has 0 saturated carbocycles. The van der Waals surface area contributed by atoms with Crippen LogP contribution in [0.4, 0.5) is 5.69 Å². The zero-order chi connectivity index (χ0) is 13.3. The molecule has 1 heterocycles. The SMILES string of the molecule is Cc1cc(C)cc(NC2CC(C)N(C)CC2C)c1. The topological polar surface area (TPSA) is 15.3 Å². The number of nitrogens with one attached hydrogen (secondary N) is 1. The molecule has 0 spiro atoms. The van der Waals surface area contributed by atoms with Gasteiger partial charge in [-0.15, -0.1) is 0 Å². The van der Waals surface area contributed by atoms with E-state index in [4.69, 9.17) is 0 Å². The Morgan fingerprint density at radius 2 is 1.72 bits per heavy atom. The van der Waals surface area contributed by atoms with E-state index in [0.717, 1.165) is 0 Å². The lowest BCUT2D eigenvalue weighted by Crippen LogP contribution is -2.48. The molecule has 1 aliphatic rings. The molecular weight excluding hydrogens is 220 g/mol. The van der Waals surface area contributed by atoms with Crippen molar-refractivity contribution in [3.05, 3.63) is 29.3 Å². The van der Waals surface area contributed by atoms with Crippen LogP contribution in [0.15, 0.2) is 18.2 Å². The van der Waals surface area contributed by atoms with Crippen LogP contribution < -0.4 is 5.32 Å². The number of piperidine rings is 1. The Kier molecular flexibility index (Phi) is 3.96. The third-order valence-electron chi connectivity index (χ3n) is 4.18. The predicted molar refractivity (Wildman–Crippen MR) is 79.2 cm³/mol. The van der Waals surface area contributed by atoms with Crippen molar-refractivity contribution in [2.24, 2.45) is 5.92 Å². The summed E-state index contributed by atoms with van der Waals surface area (Å²) in [6, 6.07) is 8.00. The summed E-state index contributed by atoms with van der Waals surface area (Å²) in [6.07, 6.45) is 1.23. The Morgan fingerprint density at radius 1 is 1.11 bits per heavy atom. The molecule has 1 aromatic rings. The van der Waals surface area contributed by atoms with Crippen LogP contribution in [0.1, 0.15) is 31.4 Å². The normalized spacial score (nSPS) is 29.3. The van der Waals surface area contributed by atoms with Gasteiger partial charge in [0.1, 0.15) is 0 Å². The van der Waals surface area contributed by atoms with E-state index in [0.29, 0.717) is 18.0 Å². The zero-order valence-corrected chi connectivity index (χ0v) is 12.3. The summed E-state index contributed by atoms with van der Waals surface area (Å²) in [6.45, 7) is 10.2. The first-order valence-corrected chi connectivity index (χ1v) is 7.01. The van der Waals surface area contributed by atoms with E-state index in [1.54, 1.807) is 0 Å². The summed E-state index contributed by atoms with van der Waals surface area (Å²) < 4.78 is 0. The van der Waals surface area contributed by atoms with E-state index in [9.17, 15) is 0 Å². The Hall–Kier alpha value is -1.02. The van der Waals surface area contributed by atoms with Crippen molar-refractivity contribution in [2.75, 3.05) is 18.9 Å². The molecule has 18 heavy (non-hydrogen) atoms. The summed E-state index contributed by atoms with van der Waals surface area (Å²) >= 11 is 0. The van der Waals surface area contributed by atoms with Crippen molar-refractivity contribution in [3.63, 3.8) is 0 Å². The van der Waals surface area contributed by atoms with Crippen LogP contribution in [0.2, 0.25) is 0 Å². The molecule has 1 saturated heterocycles. The van der Waals surface area contributed by atoms with Gasteiger partial charge >= 0.3 is 0 Å². The molecular formula is C16H26N2. The Morgan fingerprint density at radius 3 is 2.33 bits per heavy atom. The van der Waals surface area contributed by atoms with Crippen LogP contribution in [0.3, 0.4) is 0 Å². The highest BCUT2D eigenvalue weighted by atomic mass is 15.2. The van der Waals surface area contributed by atoms with E-state index < -0.39 is 0 Å². The van der Waals surface area contributed by atoms with E-state index in [-0.39, 0.29) is 0 Å². The molecule has 0 bridgehead atoms. The van der Waals surface area contributed by atoms with Crippen molar-refractivity contribution in [1.82, 2.24) is 4.90 Å². The smallest absolute Gasteiger partial charge is 0.0347 e. The molecule has 0 aliphatic carbocycles. The molecule has 1 aliphatic heterocycles. The molecule has 100 valence electrons. The van der Waals surface area contributed by atoms with Gasteiger partial charge in [-0.3, -0.25) is 0 Å². The Balaban J connectivity index is 2.08. The summed E-state index contributed by atoms with van der Waals surface area (Å²) in [4.78, 5) is 2.46. The number of rotatable bonds is 2. The quantitative estimate of drug-likeness (QED) is 0.860. The molecule has 2 heteroatoms. The van der Waals surface area contributed by atoms with Crippen LogP contribution in [0.5, 0.6) is 0 Å². The molecule has 2 rings (SSSR count). The second kappa shape index (κ2) is 5.31. The van der Waals surface area contributed by atoms with Crippen molar-refractivity contribution >= 4 is 5.69 Å². The second-order valence-electron chi connectivity index (χ2n) is 6.13. The zero-order valence-electron chi connectivity index (χ0n) is 12.3. The number of hydrogen-bond donors (Lipinski definition) is 1. The first-order valence-electron chi connectivity index (χ1n) is 7.01. The lowest BCUT2D eigenvalue weighted by atomic mass is 9.89. The van der Waals surface area contributed by atoms with E-state index >= 15 is 0 Å². The van der Waals surface area contributed by atoms with Gasteiger partial charge in [0.15, 0.2) is 0 Å². The molecule has 1 N–H and O–H groups in total. The van der Waals surface area contributed by atoms with Gasteiger partial charge in [-0.05, 0) is 63.4 Å². The fraction of sp³-hybridized carbons (Fsp3) is 0.625. The number of nitrogens with zero attached hydrogens (tertiary/aromatic N) is 1. The van der Waals surface area contributed by atoms with Crippen molar-refractivity contribution < 1.29 is 0 Å². The highest BCUT2D eigenvalue weighted by molar-refractivity contribution is 5.49. The molecule has 0 aromatic heterocycles. The molecule has 1 aromatic carbocycles. The molecule has 2 nitrogen and oxygen atoms in total. The van der Waals surface area contributed by atoms with E-state index in [1.807, 2.05) is 0 Å². The second-order valence-corrected chi connectivity index (χ2v) is 6.13. The van der Waals surface area contributed by atoms with Gasteiger partial charge in [-0.25, -0.2) is 0 Å². The molecule has 0 radical (unpaired) electrons. The highest BCUT2D eigenvalue weighted by Crippen LogP contribution is 2.25. The molecule has 0 amide bonds. The van der Waals surface area contributed by atoms with Crippen molar-refractivity contribution in [2.45, 2.75) is 46.2 Å². The van der Waals surface area contributed by atoms with Crippen LogP contribution in [0.25, 0.3) is 0 Å². The van der Waals surface area contributed by atoms with E-state index in [2.05, 4.69) is 63.2 Å². The van der Waals surface area contributed by atoms with Gasteiger partial charge in [0, 0.05) is 24.3 Å². The maximum Gasteiger partial charge on any atom is 0.0347 e. The number of aryl methyl sites for hydroxylation is 2. The van der Waals surface area contributed by atoms with Crippen molar-refractivity contribution in [1.29, 1.82) is 0 Å². The average molecular weight is 246 g/mol. The number of benzene rings is 1. The maximum atomic E-state index is 3.74. The van der Waals surface area contributed by atoms with Gasteiger partial charge in [-0.1, -0.05) is 13.0 Å². The van der Waals surface area contributed by atoms with Gasteiger partial charge in [-0.2, -0.15) is 0 Å². The maximum absolute atomic E-state index is 3.74. The number of hydrogen-bond acceptors (Lipinski definition) is 2. The molecule has 3 unspecified atom stereocenters. The predicted octanol–water partition coefficient (Wildman–Crippen LogP) is 3.44. The van der Waals surface area contributed by atoms with Crippen LogP contribution in [0, 0.1) is 19.8 Å². The Labute approximate surface area is 111 Å². The lowest BCUT2D eigenvalue weighted by Gasteiger charge is -2.40. The third kappa shape index (κ3) is 3.05. The fourth-order valence-electron chi connectivity index (χ4n) is 3.01. The monoisotopic (exact) mass is 246 g/mol. The summed E-state index contributed by atoms with van der Waals surface area (Å²) in [5.41, 5.74) is 3.96. The van der Waals surface area contributed by atoms with Gasteiger partial charge in [0.25, 0.3) is 0 Å². The summed E-state index contributed by atoms with van der Waals surface area (Å²) in [5.74, 6) is 0.701. The molecule has 1 fully saturated rings. The van der Waals surface area contributed by atoms with Crippen LogP contribution >= 0.6 is 0 Å². The van der Waals surface area contributed by atoms with E-state index in [1.165, 1.54) is 29.8 Å². The number of likely N-dealkylation sites (tertiary alicyclic amines) is 1. The third-order valence-corrected chi connectivity index (χ3v) is 4.18. The largest absolute Gasteiger partial charge is 0.382 e. The lowest BCUT2D eigenvalue weighted by molar-refractivity contribution is 0.145. The first-order chi connectivity index (χ1) is 8.45. The minimum absolute atomic E-state index is 0.595. The standard InChI is InChI=1S/C16H26N2/c1-11-6-12(2)8-15(7-11)17-16-9-14(4)18(5)10-13(16)3/h6-8,13-14,16-17H,9-10H2,1-5H3. The minimum atomic E-state index is 0.595. The average Bonchev–Trinajstić information content (AvgIpc) is 2.24. The fourth-order valence-corrected chi connectivity index (χ4v) is 3.01. The minimum Gasteiger partial charge on any atom is -0.382 e. The van der Waals surface area contributed by atoms with Crippen LogP contribution in [-0.2, 0) is 0 Å². The van der Waals surface area contributed by atoms with Crippen molar-refractivity contribution in [3.8, 4) is 0 Å². The Bertz CT molecular complexity index is 393. The van der Waals surface area contributed by atoms with Gasteiger partial charge in [0.2, 0.25) is 0 Å². The molecule has 3 atom stereocenters. The highest BCUT2D eigenvalue weighted by Gasteiger charge is 2.28. The summed E-state index contributed by atoms with van der Waals surface area (Å²) in [5, 5.41) is 3.74.